The van der Waals surface area contributed by atoms with E-state index in [2.05, 4.69) is 10.0 Å². The average molecular weight is 336 g/mol. The molecule has 1 amide bonds. The molecule has 7 nitrogen and oxygen atoms in total. The second kappa shape index (κ2) is 7.41. The van der Waals surface area contributed by atoms with Gasteiger partial charge in [-0.15, -0.1) is 0 Å². The van der Waals surface area contributed by atoms with Gasteiger partial charge < -0.3 is 10.4 Å². The second-order valence-electron chi connectivity index (χ2n) is 6.70. The number of carbonyl (C=O) groups excluding carboxylic acids is 1. The fraction of sp³-hybridized carbons (Fsp3) is 0.857. The molecular weight excluding hydrogens is 308 g/mol. The molecule has 0 fully saturated rings. The van der Waals surface area contributed by atoms with Crippen LogP contribution in [0.25, 0.3) is 0 Å². The van der Waals surface area contributed by atoms with Gasteiger partial charge in [-0.2, -0.15) is 0 Å². The molecule has 22 heavy (non-hydrogen) atoms. The number of hydrogen-bond acceptors (Lipinski definition) is 4. The third kappa shape index (κ3) is 5.92. The van der Waals surface area contributed by atoms with Gasteiger partial charge in [0.05, 0.1) is 11.7 Å². The van der Waals surface area contributed by atoms with Gasteiger partial charge in [-0.25, -0.2) is 13.1 Å². The van der Waals surface area contributed by atoms with Gasteiger partial charge in [0, 0.05) is 6.54 Å². The Kier molecular flexibility index (Phi) is 7.02. The lowest BCUT2D eigenvalue weighted by Gasteiger charge is -2.32. The highest BCUT2D eigenvalue weighted by atomic mass is 32.2. The Balaban J connectivity index is 5.17. The maximum Gasteiger partial charge on any atom is 0.311 e. The quantitative estimate of drug-likeness (QED) is 0.611. The molecule has 130 valence electrons. The summed E-state index contributed by atoms with van der Waals surface area (Å²) in [6.45, 7) is 8.67. The molecule has 1 unspecified atom stereocenters. The third-order valence-corrected chi connectivity index (χ3v) is 4.53. The zero-order valence-corrected chi connectivity index (χ0v) is 15.0. The first kappa shape index (κ1) is 20.9. The van der Waals surface area contributed by atoms with Crippen LogP contribution < -0.4 is 10.0 Å². The van der Waals surface area contributed by atoms with E-state index in [1.54, 1.807) is 34.6 Å². The summed E-state index contributed by atoms with van der Waals surface area (Å²) < 4.78 is 25.2. The van der Waals surface area contributed by atoms with E-state index in [1.165, 1.54) is 0 Å². The van der Waals surface area contributed by atoms with E-state index in [-0.39, 0.29) is 6.54 Å². The van der Waals surface area contributed by atoms with E-state index >= 15 is 0 Å². The number of nitrogens with one attached hydrogen (secondary N) is 2. The molecule has 1 atom stereocenters. The van der Waals surface area contributed by atoms with Crippen LogP contribution in [-0.2, 0) is 19.6 Å². The minimum atomic E-state index is -3.56. The first-order valence-corrected chi connectivity index (χ1v) is 9.16. The Bertz CT molecular complexity index is 504. The SMILES string of the molecule is CCC(CC)(CNC(=O)C(NS(C)(=O)=O)C(C)(C)C)C(=O)O. The summed E-state index contributed by atoms with van der Waals surface area (Å²) >= 11 is 0. The Morgan fingerprint density at radius 3 is 1.86 bits per heavy atom. The predicted molar refractivity (Wildman–Crippen MR) is 84.9 cm³/mol. The highest BCUT2D eigenvalue weighted by Crippen LogP contribution is 2.26. The van der Waals surface area contributed by atoms with Gasteiger partial charge in [0.1, 0.15) is 6.04 Å². The van der Waals surface area contributed by atoms with Crippen molar-refractivity contribution >= 4 is 21.9 Å². The van der Waals surface area contributed by atoms with Gasteiger partial charge in [-0.3, -0.25) is 9.59 Å². The molecule has 8 heteroatoms. The van der Waals surface area contributed by atoms with Crippen molar-refractivity contribution in [2.75, 3.05) is 12.8 Å². The molecule has 0 radical (unpaired) electrons. The van der Waals surface area contributed by atoms with Gasteiger partial charge in [0.25, 0.3) is 0 Å². The summed E-state index contributed by atoms with van der Waals surface area (Å²) in [6, 6.07) is -0.970. The minimum absolute atomic E-state index is 0.0355. The average Bonchev–Trinajstić information content (AvgIpc) is 2.35. The van der Waals surface area contributed by atoms with Gasteiger partial charge in [-0.05, 0) is 18.3 Å². The van der Waals surface area contributed by atoms with Gasteiger partial charge >= 0.3 is 5.97 Å². The number of carboxylic acids is 1. The molecule has 0 aromatic rings. The zero-order valence-electron chi connectivity index (χ0n) is 14.2. The highest BCUT2D eigenvalue weighted by molar-refractivity contribution is 7.88. The lowest BCUT2D eigenvalue weighted by molar-refractivity contribution is -0.149. The zero-order chi connectivity index (χ0) is 17.8. The fourth-order valence-corrected chi connectivity index (χ4v) is 2.96. The standard InChI is InChI=1S/C14H28N2O5S/c1-7-14(8-2,12(18)19)9-15-11(17)10(13(3,4)5)16-22(6,20)21/h10,16H,7-9H2,1-6H3,(H,15,17)(H,18,19). The van der Waals surface area contributed by atoms with Crippen molar-refractivity contribution in [2.45, 2.75) is 53.5 Å². The van der Waals surface area contributed by atoms with Crippen molar-refractivity contribution in [1.29, 1.82) is 0 Å². The Labute approximate surface area is 132 Å². The summed E-state index contributed by atoms with van der Waals surface area (Å²) in [4.78, 5) is 23.8. The number of carboxylic acid groups (broad SMARTS) is 1. The van der Waals surface area contributed by atoms with Crippen LogP contribution in [0.1, 0.15) is 47.5 Å². The van der Waals surface area contributed by atoms with Crippen molar-refractivity contribution in [3.05, 3.63) is 0 Å². The Hall–Kier alpha value is -1.15. The minimum Gasteiger partial charge on any atom is -0.481 e. The summed E-state index contributed by atoms with van der Waals surface area (Å²) in [5.41, 5.74) is -1.68. The first-order chi connectivity index (χ1) is 9.79. The number of aliphatic carboxylic acids is 1. The number of hydrogen-bond donors (Lipinski definition) is 3. The number of sulfonamides is 1. The molecule has 0 saturated carbocycles. The third-order valence-electron chi connectivity index (χ3n) is 3.87. The van der Waals surface area contributed by atoms with Crippen molar-refractivity contribution in [3.8, 4) is 0 Å². The van der Waals surface area contributed by atoms with E-state index in [0.717, 1.165) is 6.26 Å². The van der Waals surface area contributed by atoms with Crippen molar-refractivity contribution in [3.63, 3.8) is 0 Å². The van der Waals surface area contributed by atoms with Crippen molar-refractivity contribution in [1.82, 2.24) is 10.0 Å². The number of rotatable bonds is 8. The maximum absolute atomic E-state index is 12.3. The Morgan fingerprint density at radius 2 is 1.59 bits per heavy atom. The fourth-order valence-electron chi connectivity index (χ4n) is 2.07. The molecule has 0 rings (SSSR count). The molecule has 3 N–H and O–H groups in total. The van der Waals surface area contributed by atoms with E-state index in [9.17, 15) is 23.1 Å². The predicted octanol–water partition coefficient (Wildman–Crippen LogP) is 0.958. The molecule has 0 bridgehead atoms. The van der Waals surface area contributed by atoms with Crippen LogP contribution in [0.15, 0.2) is 0 Å². The summed E-state index contributed by atoms with van der Waals surface area (Å²) in [5, 5.41) is 11.9. The van der Waals surface area contributed by atoms with Crippen LogP contribution in [0.4, 0.5) is 0 Å². The topological polar surface area (TPSA) is 113 Å². The number of amides is 1. The van der Waals surface area contributed by atoms with Crippen LogP contribution in [0.3, 0.4) is 0 Å². The van der Waals surface area contributed by atoms with Crippen LogP contribution in [-0.4, -0.2) is 44.2 Å². The molecule has 0 aliphatic heterocycles. The Morgan fingerprint density at radius 1 is 1.14 bits per heavy atom. The lowest BCUT2D eigenvalue weighted by Crippen LogP contribution is -2.55. The molecule has 0 heterocycles. The van der Waals surface area contributed by atoms with E-state index in [0.29, 0.717) is 12.8 Å². The first-order valence-electron chi connectivity index (χ1n) is 7.27. The number of carbonyl (C=O) groups is 2. The van der Waals surface area contributed by atoms with Crippen molar-refractivity contribution in [2.24, 2.45) is 10.8 Å². The molecule has 0 aliphatic carbocycles. The van der Waals surface area contributed by atoms with Crippen LogP contribution in [0.5, 0.6) is 0 Å². The van der Waals surface area contributed by atoms with Crippen LogP contribution >= 0.6 is 0 Å². The van der Waals surface area contributed by atoms with E-state index in [4.69, 9.17) is 0 Å². The van der Waals surface area contributed by atoms with Gasteiger partial charge in [0.2, 0.25) is 15.9 Å². The van der Waals surface area contributed by atoms with E-state index in [1.807, 2.05) is 0 Å². The van der Waals surface area contributed by atoms with Crippen LogP contribution in [0.2, 0.25) is 0 Å². The smallest absolute Gasteiger partial charge is 0.311 e. The molecule has 0 aromatic carbocycles. The molecular formula is C14H28N2O5S. The van der Waals surface area contributed by atoms with Gasteiger partial charge in [-0.1, -0.05) is 34.6 Å². The second-order valence-corrected chi connectivity index (χ2v) is 8.48. The summed E-state index contributed by atoms with van der Waals surface area (Å²) in [5.74, 6) is -1.49. The molecule has 0 saturated heterocycles. The summed E-state index contributed by atoms with van der Waals surface area (Å²) in [6.07, 6.45) is 1.73. The lowest BCUT2D eigenvalue weighted by atomic mass is 9.81. The highest BCUT2D eigenvalue weighted by Gasteiger charge is 2.38. The molecule has 0 aromatic heterocycles. The van der Waals surface area contributed by atoms with E-state index < -0.39 is 38.8 Å². The van der Waals surface area contributed by atoms with Crippen molar-refractivity contribution < 1.29 is 23.1 Å². The van der Waals surface area contributed by atoms with Crippen LogP contribution in [0, 0.1) is 10.8 Å². The normalized spacial score (nSPS) is 14.5. The molecule has 0 spiro atoms. The summed E-state index contributed by atoms with van der Waals surface area (Å²) in [7, 11) is -3.56. The maximum atomic E-state index is 12.3. The van der Waals surface area contributed by atoms with Gasteiger partial charge in [0.15, 0.2) is 0 Å². The monoisotopic (exact) mass is 336 g/mol. The molecule has 0 aliphatic rings. The largest absolute Gasteiger partial charge is 0.481 e.